The van der Waals surface area contributed by atoms with Crippen molar-refractivity contribution >= 4 is 155 Å². The molecule has 6 aliphatic heterocycles. The Morgan fingerprint density at radius 3 is 0.873 bits per heavy atom. The van der Waals surface area contributed by atoms with Gasteiger partial charge in [-0.05, 0) is 202 Å². The van der Waals surface area contributed by atoms with Crippen LogP contribution in [-0.4, -0.2) is 31.4 Å². The van der Waals surface area contributed by atoms with Crippen molar-refractivity contribution in [2.24, 2.45) is 23.7 Å². The van der Waals surface area contributed by atoms with Crippen molar-refractivity contribution in [2.75, 3.05) is 14.7 Å². The van der Waals surface area contributed by atoms with E-state index < -0.39 is 0 Å². The maximum absolute atomic E-state index is 2.57. The molecule has 0 saturated heterocycles. The first kappa shape index (κ1) is 80.1. The fourth-order valence-electron chi connectivity index (χ4n) is 26.8. The maximum atomic E-state index is 2.57. The summed E-state index contributed by atoms with van der Waals surface area (Å²) in [4.78, 5) is 9.84. The Bertz CT molecular complexity index is 7570. The number of aromatic nitrogens is 1. The lowest BCUT2D eigenvalue weighted by atomic mass is 9.19. The van der Waals surface area contributed by atoms with Gasteiger partial charge in [-0.1, -0.05) is 446 Å². The van der Waals surface area contributed by atoms with E-state index in [4.69, 9.17) is 0 Å². The van der Waals surface area contributed by atoms with Crippen LogP contribution in [-0.2, 0) is 16.2 Å². The smallest absolute Gasteiger partial charge is 0.217 e. The number of fused-ring (bicyclic) bond motifs is 23. The number of hydrogen-bond donors (Lipinski definition) is 0. The molecule has 2 spiro atoms. The van der Waals surface area contributed by atoms with Crippen molar-refractivity contribution in [3.63, 3.8) is 0 Å². The summed E-state index contributed by atoms with van der Waals surface area (Å²) < 4.78 is 2.43. The second-order valence-electron chi connectivity index (χ2n) is 38.6. The Morgan fingerprint density at radius 1 is 0.239 bits per heavy atom. The van der Waals surface area contributed by atoms with Crippen LogP contribution in [0.15, 0.2) is 507 Å². The number of allylic oxidation sites excluding steroid dienone is 16. The van der Waals surface area contributed by atoms with Gasteiger partial charge in [-0.2, -0.15) is 0 Å². The van der Waals surface area contributed by atoms with Crippen molar-refractivity contribution in [2.45, 2.75) is 63.2 Å². The highest BCUT2D eigenvalue weighted by Gasteiger charge is 2.64. The number of anilines is 9. The van der Waals surface area contributed by atoms with Gasteiger partial charge >= 0.3 is 0 Å². The first-order valence-electron chi connectivity index (χ1n) is 48.0. The number of rotatable bonds is 10. The topological polar surface area (TPSA) is 14.7 Å². The molecule has 10 aliphatic rings. The molecule has 4 nitrogen and oxygen atoms in total. The van der Waals surface area contributed by atoms with Crippen LogP contribution in [0, 0.1) is 23.7 Å². The normalized spacial score (nSPS) is 22.0. The molecule has 634 valence electrons. The summed E-state index contributed by atoms with van der Waals surface area (Å²) in [6.45, 7) is 5.49. The van der Waals surface area contributed by atoms with E-state index in [9.17, 15) is 0 Å². The van der Waals surface area contributed by atoms with Gasteiger partial charge in [0.15, 0.2) is 0 Å². The van der Waals surface area contributed by atoms with Gasteiger partial charge in [0.2, 0.25) is 26.9 Å². The van der Waals surface area contributed by atoms with Crippen molar-refractivity contribution in [3.8, 4) is 5.69 Å². The van der Waals surface area contributed by atoms with E-state index in [1.165, 1.54) is 148 Å². The largest absolute Gasteiger partial charge is 0.311 e. The molecular formula is C125H96B4N4S. The fourth-order valence-corrected chi connectivity index (χ4v) is 27.9. The summed E-state index contributed by atoms with van der Waals surface area (Å²) in [6, 6.07) is 151. The number of nitrogens with zero attached hydrogens (tertiary/aromatic N) is 4. The van der Waals surface area contributed by atoms with Crippen molar-refractivity contribution in [1.29, 1.82) is 0 Å². The minimum Gasteiger partial charge on any atom is -0.311 e. The van der Waals surface area contributed by atoms with Crippen LogP contribution in [0.25, 0.3) is 27.5 Å². The third-order valence-electron chi connectivity index (χ3n) is 32.0. The number of hydrogen-bond acceptors (Lipinski definition) is 4. The molecular weight excluding hydrogens is 1630 g/mol. The van der Waals surface area contributed by atoms with Crippen LogP contribution in [0.4, 0.5) is 51.2 Å². The quantitative estimate of drug-likeness (QED) is 0.127. The third kappa shape index (κ3) is 12.3. The highest BCUT2D eigenvalue weighted by atomic mass is 32.2. The van der Waals surface area contributed by atoms with Gasteiger partial charge in [0.1, 0.15) is 0 Å². The zero-order chi connectivity index (χ0) is 88.7. The molecule has 10 unspecified atom stereocenters. The summed E-state index contributed by atoms with van der Waals surface area (Å²) in [6.07, 6.45) is 39.0. The first-order valence-corrected chi connectivity index (χ1v) is 48.8. The number of para-hydroxylation sites is 8. The molecule has 9 heteroatoms. The molecule has 1 aromatic heterocycles. The molecule has 0 radical (unpaired) electrons. The van der Waals surface area contributed by atoms with Gasteiger partial charge in [-0.25, -0.2) is 0 Å². The van der Waals surface area contributed by atoms with E-state index >= 15 is 0 Å². The van der Waals surface area contributed by atoms with Crippen LogP contribution in [0.5, 0.6) is 0 Å². The highest BCUT2D eigenvalue weighted by molar-refractivity contribution is 7.99. The van der Waals surface area contributed by atoms with E-state index in [0.717, 1.165) is 17.1 Å². The molecule has 10 atom stereocenters. The van der Waals surface area contributed by atoms with Crippen LogP contribution in [0.1, 0.15) is 47.2 Å². The summed E-state index contributed by atoms with van der Waals surface area (Å²) in [5, 5.41) is 2.58. The SMILES string of the molecule is C1=CC2B(c3ccc(N4c5ccccc5Sc5ccccc54)cc3)c3ccccc3C3(c4ccccc4B(c4ccc(-n5c6ccccc6c6ccccc65)cc4)C4C=CC=CC43)C2C=C1.CC1(C)c2ccccc2N(c2ccc(B3c4ccccc4C4(c5ccccc5B(c5ccc(N(c6ccccc6)c6ccccc6)cc5)C5C=CC=CC54)C4C=CC=CC34)cc2)c2ccccc21. The van der Waals surface area contributed by atoms with Crippen LogP contribution in [0.2, 0.25) is 23.3 Å². The lowest BCUT2D eigenvalue weighted by Crippen LogP contribution is -2.67. The van der Waals surface area contributed by atoms with E-state index in [2.05, 4.69) is 531 Å². The lowest BCUT2D eigenvalue weighted by molar-refractivity contribution is 0.281. The van der Waals surface area contributed by atoms with Gasteiger partial charge in [-0.15, -0.1) is 0 Å². The standard InChI is InChI=1S/C64H52B2N2.C61H44B2N2S/c1-63(2)55-29-13-19-35-61(55)68(62-36-20-14-30-56(62)63)50-43-39-46(40-44-50)66-59-33-17-11-27-53(59)64(54-28-12-18-34-60(54)66)51-25-9-15-31-57(51)65(58-32-16-10-26-52(58)64)45-37-41-49(42-38-45)67(47-21-5-3-6-22-47)48-23-7-4-8-24-48;1-11-27-55-45(17-1)46-18-2-12-28-56(46)64(55)43-37-33-41(34-38-43)62-51-23-7-3-19-47(51)61(48-20-4-8-24-52(48)62)49-21-5-9-25-53(49)63(54-26-10-6-22-50(54)61)42-35-39-44(40-36-42)65-57-29-13-15-31-59(57)66-60-32-16-14-30-58(60)65/h3-44,51,53,57,59H,1-2H3;1-40,47,49,51,53H. The highest BCUT2D eigenvalue weighted by Crippen LogP contribution is 2.64. The van der Waals surface area contributed by atoms with Gasteiger partial charge in [0.25, 0.3) is 0 Å². The Labute approximate surface area is 792 Å². The summed E-state index contributed by atoms with van der Waals surface area (Å²) in [5.74, 6) is 1.98. The van der Waals surface area contributed by atoms with Gasteiger partial charge in [0, 0.05) is 70.9 Å². The zero-order valence-electron chi connectivity index (χ0n) is 75.0. The van der Waals surface area contributed by atoms with E-state index in [1.54, 1.807) is 0 Å². The third-order valence-corrected chi connectivity index (χ3v) is 33.2. The van der Waals surface area contributed by atoms with E-state index in [-0.39, 0.29) is 90.0 Å². The molecule has 0 bridgehead atoms. The molecule has 27 rings (SSSR count). The Balaban J connectivity index is 0.000000140. The van der Waals surface area contributed by atoms with Crippen LogP contribution < -0.4 is 58.4 Å². The first-order chi connectivity index (χ1) is 66.3. The second-order valence-corrected chi connectivity index (χ2v) is 39.7. The van der Waals surface area contributed by atoms with Gasteiger partial charge in [0.05, 0.1) is 33.8 Å². The molecule has 4 aliphatic carbocycles. The number of benzene rings is 16. The molecule has 0 saturated carbocycles. The Morgan fingerprint density at radius 2 is 0.507 bits per heavy atom. The molecule has 0 N–H and O–H groups in total. The van der Waals surface area contributed by atoms with Gasteiger partial charge < -0.3 is 19.3 Å². The predicted octanol–water partition coefficient (Wildman–Crippen LogP) is 25.5. The zero-order valence-corrected chi connectivity index (χ0v) is 75.8. The van der Waals surface area contributed by atoms with Crippen molar-refractivity contribution in [1.82, 2.24) is 4.57 Å². The average Bonchev–Trinajstić information content (AvgIpc) is 0.907. The molecule has 16 aromatic carbocycles. The molecule has 0 amide bonds. The average molecular weight is 1730 g/mol. The summed E-state index contributed by atoms with van der Waals surface area (Å²) >= 11 is 1.86. The predicted molar refractivity (Wildman–Crippen MR) is 570 cm³/mol. The minimum atomic E-state index is -0.288. The molecule has 134 heavy (non-hydrogen) atoms. The van der Waals surface area contributed by atoms with E-state index in [1.807, 2.05) is 11.8 Å². The maximum Gasteiger partial charge on any atom is 0.217 e. The van der Waals surface area contributed by atoms with Crippen LogP contribution >= 0.6 is 11.8 Å². The Hall–Kier alpha value is -14.8. The molecule has 7 heterocycles. The van der Waals surface area contributed by atoms with Crippen molar-refractivity contribution in [3.05, 3.63) is 531 Å². The van der Waals surface area contributed by atoms with Gasteiger partial charge in [-0.3, -0.25) is 0 Å². The van der Waals surface area contributed by atoms with E-state index in [0.29, 0.717) is 0 Å². The molecule has 17 aromatic rings. The lowest BCUT2D eigenvalue weighted by Gasteiger charge is -2.59. The summed E-state index contributed by atoms with van der Waals surface area (Å²) in [5.41, 5.74) is 33.6. The fraction of sp³-hybridized carbons (Fsp3) is 0.104. The second kappa shape index (κ2) is 32.3. The minimum absolute atomic E-state index is 0.0983. The van der Waals surface area contributed by atoms with Crippen molar-refractivity contribution < 1.29 is 0 Å². The Kier molecular flexibility index (Phi) is 19.3. The molecule has 0 fully saturated rings. The monoisotopic (exact) mass is 1730 g/mol. The summed E-state index contributed by atoms with van der Waals surface area (Å²) in [7, 11) is 0. The van der Waals surface area contributed by atoms with Crippen LogP contribution in [0.3, 0.4) is 0 Å².